The van der Waals surface area contributed by atoms with Gasteiger partial charge in [-0.05, 0) is 45.0 Å². The van der Waals surface area contributed by atoms with Gasteiger partial charge in [-0.2, -0.15) is 0 Å². The van der Waals surface area contributed by atoms with Crippen molar-refractivity contribution in [3.63, 3.8) is 0 Å². The van der Waals surface area contributed by atoms with E-state index in [-0.39, 0.29) is 0 Å². The third kappa shape index (κ3) is 1.86. The number of imidazole rings is 1. The molecule has 2 N–H and O–H groups in total. The molecule has 1 aliphatic rings. The van der Waals surface area contributed by atoms with Gasteiger partial charge in [0.2, 0.25) is 0 Å². The van der Waals surface area contributed by atoms with Gasteiger partial charge in [-0.15, -0.1) is 0 Å². The lowest BCUT2D eigenvalue weighted by molar-refractivity contribution is 0.158. The largest absolute Gasteiger partial charge is 0.399 e. The molecular weight excluding hydrogens is 224 g/mol. The Morgan fingerprint density at radius 2 is 2.22 bits per heavy atom. The van der Waals surface area contributed by atoms with E-state index < -0.39 is 0 Å². The van der Waals surface area contributed by atoms with E-state index in [1.807, 2.05) is 18.5 Å². The minimum atomic E-state index is 0.560. The number of fused-ring (bicyclic) bond motifs is 1. The number of aromatic nitrogens is 2. The van der Waals surface area contributed by atoms with Crippen LogP contribution in [0.5, 0.6) is 0 Å². The highest BCUT2D eigenvalue weighted by atomic mass is 15.2. The van der Waals surface area contributed by atoms with E-state index in [9.17, 15) is 0 Å². The third-order valence-corrected chi connectivity index (χ3v) is 4.17. The molecule has 1 saturated heterocycles. The van der Waals surface area contributed by atoms with Gasteiger partial charge in [-0.25, -0.2) is 4.98 Å². The molecule has 0 radical (unpaired) electrons. The normalized spacial score (nSPS) is 25.7. The summed E-state index contributed by atoms with van der Waals surface area (Å²) in [5.74, 6) is 0. The molecule has 3 rings (SSSR count). The Kier molecular flexibility index (Phi) is 2.74. The second kappa shape index (κ2) is 4.28. The van der Waals surface area contributed by atoms with Crippen molar-refractivity contribution in [1.82, 2.24) is 14.5 Å². The summed E-state index contributed by atoms with van der Waals surface area (Å²) in [6.07, 6.45) is 4.34. The molecule has 0 amide bonds. The van der Waals surface area contributed by atoms with E-state index in [2.05, 4.69) is 34.5 Å². The predicted octanol–water partition coefficient (Wildman–Crippen LogP) is 2.27. The molecular formula is C14H20N4. The number of nitrogens with zero attached hydrogens (tertiary/aromatic N) is 3. The van der Waals surface area contributed by atoms with E-state index >= 15 is 0 Å². The molecule has 2 heterocycles. The van der Waals surface area contributed by atoms with Crippen LogP contribution in [-0.4, -0.2) is 34.1 Å². The fraction of sp³-hybridized carbons (Fsp3) is 0.500. The van der Waals surface area contributed by atoms with Crippen LogP contribution in [0.4, 0.5) is 5.69 Å². The van der Waals surface area contributed by atoms with E-state index in [0.717, 1.165) is 17.7 Å². The van der Waals surface area contributed by atoms with Gasteiger partial charge in [0.1, 0.15) is 0 Å². The van der Waals surface area contributed by atoms with Gasteiger partial charge in [0.15, 0.2) is 0 Å². The van der Waals surface area contributed by atoms with Crippen molar-refractivity contribution >= 4 is 16.7 Å². The maximum absolute atomic E-state index is 5.80. The molecule has 2 aromatic rings. The highest BCUT2D eigenvalue weighted by Crippen LogP contribution is 2.29. The van der Waals surface area contributed by atoms with Gasteiger partial charge in [0.25, 0.3) is 0 Å². The van der Waals surface area contributed by atoms with Gasteiger partial charge in [0, 0.05) is 24.3 Å². The van der Waals surface area contributed by atoms with Crippen LogP contribution in [0, 0.1) is 0 Å². The Hall–Kier alpha value is -1.55. The lowest BCUT2D eigenvalue weighted by Crippen LogP contribution is -2.38. The van der Waals surface area contributed by atoms with Crippen LogP contribution in [0.15, 0.2) is 24.5 Å². The fourth-order valence-electron chi connectivity index (χ4n) is 2.86. The monoisotopic (exact) mass is 244 g/mol. The predicted molar refractivity (Wildman–Crippen MR) is 74.5 cm³/mol. The third-order valence-electron chi connectivity index (χ3n) is 4.17. The van der Waals surface area contributed by atoms with Crippen LogP contribution in [-0.2, 0) is 0 Å². The Balaban J connectivity index is 1.95. The maximum Gasteiger partial charge on any atom is 0.0960 e. The summed E-state index contributed by atoms with van der Waals surface area (Å²) in [6.45, 7) is 3.45. The number of likely N-dealkylation sites (tertiary alicyclic amines) is 1. The molecule has 0 spiro atoms. The minimum Gasteiger partial charge on any atom is -0.399 e. The molecule has 1 aliphatic heterocycles. The summed E-state index contributed by atoms with van der Waals surface area (Å²) >= 11 is 0. The zero-order chi connectivity index (χ0) is 12.7. The van der Waals surface area contributed by atoms with Gasteiger partial charge in [-0.3, -0.25) is 0 Å². The van der Waals surface area contributed by atoms with Crippen molar-refractivity contribution in [2.75, 3.05) is 19.3 Å². The number of hydrogen-bond donors (Lipinski definition) is 1. The first-order valence-corrected chi connectivity index (χ1v) is 6.57. The fourth-order valence-corrected chi connectivity index (χ4v) is 2.86. The highest BCUT2D eigenvalue weighted by molar-refractivity contribution is 5.79. The van der Waals surface area contributed by atoms with Crippen molar-refractivity contribution in [3.8, 4) is 0 Å². The number of rotatable bonds is 1. The number of anilines is 1. The smallest absolute Gasteiger partial charge is 0.0960 e. The Morgan fingerprint density at radius 3 is 3.00 bits per heavy atom. The summed E-state index contributed by atoms with van der Waals surface area (Å²) in [7, 11) is 2.20. The van der Waals surface area contributed by atoms with Crippen molar-refractivity contribution in [3.05, 3.63) is 24.5 Å². The van der Waals surface area contributed by atoms with Crippen LogP contribution < -0.4 is 5.73 Å². The van der Waals surface area contributed by atoms with Crippen LogP contribution in [0.25, 0.3) is 11.0 Å². The van der Waals surface area contributed by atoms with Crippen LogP contribution in [0.1, 0.15) is 25.8 Å². The zero-order valence-electron chi connectivity index (χ0n) is 11.0. The summed E-state index contributed by atoms with van der Waals surface area (Å²) in [5, 5.41) is 0. The second-order valence-electron chi connectivity index (χ2n) is 5.41. The van der Waals surface area contributed by atoms with Gasteiger partial charge >= 0.3 is 0 Å². The quantitative estimate of drug-likeness (QED) is 0.783. The summed E-state index contributed by atoms with van der Waals surface area (Å²) in [5.41, 5.74) is 8.78. The van der Waals surface area contributed by atoms with E-state index in [1.54, 1.807) is 0 Å². The van der Waals surface area contributed by atoms with E-state index in [1.165, 1.54) is 18.4 Å². The first kappa shape index (κ1) is 11.5. The molecule has 4 heteroatoms. The molecule has 0 aliphatic carbocycles. The standard InChI is InChI=1S/C14H20N4/c1-10-7-12(5-6-17(10)2)18-9-16-13-8-11(15)3-4-14(13)18/h3-4,8-10,12H,5-7,15H2,1-2H3. The summed E-state index contributed by atoms with van der Waals surface area (Å²) in [6, 6.07) is 7.18. The van der Waals surface area contributed by atoms with Gasteiger partial charge in [-0.1, -0.05) is 0 Å². The number of hydrogen-bond acceptors (Lipinski definition) is 3. The zero-order valence-corrected chi connectivity index (χ0v) is 11.0. The maximum atomic E-state index is 5.80. The Bertz CT molecular complexity index is 560. The SMILES string of the molecule is CC1CC(n2cnc3cc(N)ccc32)CCN1C. The molecule has 1 aromatic carbocycles. The summed E-state index contributed by atoms with van der Waals surface area (Å²) in [4.78, 5) is 6.89. The minimum absolute atomic E-state index is 0.560. The molecule has 0 saturated carbocycles. The average Bonchev–Trinajstić information content (AvgIpc) is 2.75. The number of benzene rings is 1. The van der Waals surface area contributed by atoms with E-state index in [4.69, 9.17) is 5.73 Å². The lowest BCUT2D eigenvalue weighted by atomic mass is 9.98. The van der Waals surface area contributed by atoms with Crippen LogP contribution >= 0.6 is 0 Å². The molecule has 96 valence electrons. The van der Waals surface area contributed by atoms with Crippen molar-refractivity contribution in [2.45, 2.75) is 31.8 Å². The highest BCUT2D eigenvalue weighted by Gasteiger charge is 2.24. The first-order chi connectivity index (χ1) is 8.65. The Morgan fingerprint density at radius 1 is 1.39 bits per heavy atom. The summed E-state index contributed by atoms with van der Waals surface area (Å²) < 4.78 is 2.32. The van der Waals surface area contributed by atoms with Crippen LogP contribution in [0.3, 0.4) is 0 Å². The van der Waals surface area contributed by atoms with Crippen LogP contribution in [0.2, 0.25) is 0 Å². The van der Waals surface area contributed by atoms with Crippen molar-refractivity contribution < 1.29 is 0 Å². The molecule has 2 unspecified atom stereocenters. The molecule has 2 atom stereocenters. The van der Waals surface area contributed by atoms with Crippen molar-refractivity contribution in [2.24, 2.45) is 0 Å². The second-order valence-corrected chi connectivity index (χ2v) is 5.41. The molecule has 0 bridgehead atoms. The molecule has 1 aromatic heterocycles. The number of nitrogens with two attached hydrogens (primary N) is 1. The van der Waals surface area contributed by atoms with Gasteiger partial charge in [0.05, 0.1) is 17.4 Å². The first-order valence-electron chi connectivity index (χ1n) is 6.57. The van der Waals surface area contributed by atoms with Crippen molar-refractivity contribution in [1.29, 1.82) is 0 Å². The Labute approximate surface area is 107 Å². The number of nitrogen functional groups attached to an aromatic ring is 1. The van der Waals surface area contributed by atoms with E-state index in [0.29, 0.717) is 12.1 Å². The topological polar surface area (TPSA) is 47.1 Å². The lowest BCUT2D eigenvalue weighted by Gasteiger charge is -2.35. The molecule has 18 heavy (non-hydrogen) atoms. The molecule has 4 nitrogen and oxygen atoms in total. The number of piperidine rings is 1. The van der Waals surface area contributed by atoms with Gasteiger partial charge < -0.3 is 15.2 Å². The average molecular weight is 244 g/mol. The molecule has 1 fully saturated rings.